The molecule has 0 N–H and O–H groups in total. The first-order chi connectivity index (χ1) is 26.3. The fourth-order valence-corrected chi connectivity index (χ4v) is 10.0. The van der Waals surface area contributed by atoms with E-state index in [4.69, 9.17) is 0 Å². The van der Waals surface area contributed by atoms with Crippen molar-refractivity contribution in [1.82, 2.24) is 4.57 Å². The Morgan fingerprint density at radius 2 is 0.755 bits per heavy atom. The highest BCUT2D eigenvalue weighted by Gasteiger charge is 2.50. The van der Waals surface area contributed by atoms with Crippen molar-refractivity contribution >= 4 is 10.9 Å². The van der Waals surface area contributed by atoms with E-state index < -0.39 is 10.8 Å². The summed E-state index contributed by atoms with van der Waals surface area (Å²) in [4.78, 5) is 0. The number of hydrogen-bond donors (Lipinski definition) is 0. The molecule has 2 aliphatic carbocycles. The summed E-state index contributed by atoms with van der Waals surface area (Å²) in [5.74, 6) is 0. The third kappa shape index (κ3) is 3.91. The summed E-state index contributed by atoms with van der Waals surface area (Å²) in [5, 5.41) is 1.27. The zero-order valence-electron chi connectivity index (χ0n) is 29.2. The highest BCUT2D eigenvalue weighted by molar-refractivity contribution is 6.02. The van der Waals surface area contributed by atoms with Gasteiger partial charge in [-0.2, -0.15) is 0 Å². The monoisotopic (exact) mass is 673 g/mol. The summed E-state index contributed by atoms with van der Waals surface area (Å²) >= 11 is 0. The molecule has 1 heterocycles. The van der Waals surface area contributed by atoms with Gasteiger partial charge in [0, 0.05) is 22.2 Å². The van der Waals surface area contributed by atoms with E-state index in [0.717, 1.165) is 5.69 Å². The third-order valence-electron chi connectivity index (χ3n) is 11.9. The van der Waals surface area contributed by atoms with E-state index in [0.29, 0.717) is 0 Å². The molecule has 1 nitrogen and oxygen atoms in total. The second kappa shape index (κ2) is 11.4. The molecule has 0 fully saturated rings. The largest absolute Gasteiger partial charge is 0.309 e. The van der Waals surface area contributed by atoms with Crippen molar-refractivity contribution in [3.8, 4) is 28.1 Å². The van der Waals surface area contributed by atoms with Crippen LogP contribution < -0.4 is 0 Å². The molecule has 0 saturated heterocycles. The molecule has 0 bridgehead atoms. The lowest BCUT2D eigenvalue weighted by molar-refractivity contribution is 0.767. The van der Waals surface area contributed by atoms with E-state index in [1.807, 2.05) is 0 Å². The molecular weight excluding hydrogens is 639 g/mol. The molecule has 0 aliphatic heterocycles. The molecule has 0 unspecified atom stereocenters. The standard InChI is InChI=1S/C52H35N/c1-5-19-36(20-6-1)51(37-21-7-2-8-22-37)45-30-16-13-27-41(45)42-34-33-40(35-47(42)51)53-48-32-18-15-29-44(48)49-50(53)43-28-14-17-31-46(43)52(49,38-23-9-3-10-24-38)39-25-11-4-12-26-39/h1-35H. The van der Waals surface area contributed by atoms with E-state index in [2.05, 4.69) is 217 Å². The van der Waals surface area contributed by atoms with Crippen LogP contribution in [0.3, 0.4) is 0 Å². The van der Waals surface area contributed by atoms with E-state index in [9.17, 15) is 0 Å². The van der Waals surface area contributed by atoms with Gasteiger partial charge in [0.25, 0.3) is 0 Å². The summed E-state index contributed by atoms with van der Waals surface area (Å²) in [6.07, 6.45) is 0. The minimum absolute atomic E-state index is 0.480. The Hall–Kier alpha value is -6.70. The number of fused-ring (bicyclic) bond motifs is 8. The van der Waals surface area contributed by atoms with Crippen molar-refractivity contribution in [1.29, 1.82) is 0 Å². The number of para-hydroxylation sites is 1. The maximum absolute atomic E-state index is 2.56. The van der Waals surface area contributed by atoms with Crippen LogP contribution in [0.1, 0.15) is 44.5 Å². The van der Waals surface area contributed by atoms with E-state index in [1.54, 1.807) is 0 Å². The van der Waals surface area contributed by atoms with Crippen molar-refractivity contribution in [2.24, 2.45) is 0 Å². The molecular formula is C52H35N. The van der Waals surface area contributed by atoms with Crippen LogP contribution in [0.5, 0.6) is 0 Å². The molecule has 248 valence electrons. The highest BCUT2D eigenvalue weighted by Crippen LogP contribution is 2.61. The quantitative estimate of drug-likeness (QED) is 0.171. The van der Waals surface area contributed by atoms with Gasteiger partial charge >= 0.3 is 0 Å². The molecule has 8 aromatic carbocycles. The van der Waals surface area contributed by atoms with Crippen LogP contribution in [-0.4, -0.2) is 4.57 Å². The average Bonchev–Trinajstić information content (AvgIpc) is 3.85. The number of rotatable bonds is 5. The summed E-state index contributed by atoms with van der Waals surface area (Å²) < 4.78 is 2.56. The minimum atomic E-state index is -0.496. The fraction of sp³-hybridized carbons (Fsp3) is 0.0385. The Labute approximate surface area is 310 Å². The normalized spacial score (nSPS) is 14.3. The molecule has 0 atom stereocenters. The van der Waals surface area contributed by atoms with Crippen molar-refractivity contribution in [3.63, 3.8) is 0 Å². The average molecular weight is 674 g/mol. The maximum atomic E-state index is 2.56. The van der Waals surface area contributed by atoms with Gasteiger partial charge < -0.3 is 4.57 Å². The highest BCUT2D eigenvalue weighted by atomic mass is 15.0. The minimum Gasteiger partial charge on any atom is -0.309 e. The fourth-order valence-electron chi connectivity index (χ4n) is 10.0. The van der Waals surface area contributed by atoms with Gasteiger partial charge in [0.15, 0.2) is 0 Å². The van der Waals surface area contributed by atoms with Crippen molar-refractivity contribution in [2.75, 3.05) is 0 Å². The summed E-state index contributed by atoms with van der Waals surface area (Å²) in [6.45, 7) is 0. The Bertz CT molecular complexity index is 2730. The Balaban J connectivity index is 1.28. The summed E-state index contributed by atoms with van der Waals surface area (Å²) in [7, 11) is 0. The first kappa shape index (κ1) is 30.0. The number of nitrogens with zero attached hydrogens (tertiary/aromatic N) is 1. The van der Waals surface area contributed by atoms with Gasteiger partial charge in [-0.3, -0.25) is 0 Å². The van der Waals surface area contributed by atoms with Gasteiger partial charge in [-0.05, 0) is 68.3 Å². The van der Waals surface area contributed by atoms with Crippen LogP contribution in [0.15, 0.2) is 212 Å². The first-order valence-electron chi connectivity index (χ1n) is 18.5. The first-order valence-corrected chi connectivity index (χ1v) is 18.5. The van der Waals surface area contributed by atoms with Crippen LogP contribution in [-0.2, 0) is 10.8 Å². The molecule has 11 rings (SSSR count). The summed E-state index contributed by atoms with van der Waals surface area (Å²) in [6, 6.07) is 78.8. The molecule has 53 heavy (non-hydrogen) atoms. The van der Waals surface area contributed by atoms with Gasteiger partial charge in [0.2, 0.25) is 0 Å². The van der Waals surface area contributed by atoms with Gasteiger partial charge in [-0.25, -0.2) is 0 Å². The predicted molar refractivity (Wildman–Crippen MR) is 218 cm³/mol. The van der Waals surface area contributed by atoms with Crippen molar-refractivity contribution in [2.45, 2.75) is 10.8 Å². The van der Waals surface area contributed by atoms with Crippen LogP contribution in [0.2, 0.25) is 0 Å². The SMILES string of the molecule is c1ccc(C2(c3ccccc3)c3ccccc3-c3ccc(-n4c5c(c6ccccc64)C(c4ccccc4)(c4ccccc4)c4ccccc4-5)cc32)cc1. The van der Waals surface area contributed by atoms with Crippen LogP contribution in [0, 0.1) is 0 Å². The van der Waals surface area contributed by atoms with E-state index in [1.165, 1.54) is 77.8 Å². The molecule has 0 spiro atoms. The molecule has 0 radical (unpaired) electrons. The molecule has 0 amide bonds. The molecule has 9 aromatic rings. The van der Waals surface area contributed by atoms with E-state index in [-0.39, 0.29) is 0 Å². The van der Waals surface area contributed by atoms with Gasteiger partial charge in [-0.15, -0.1) is 0 Å². The maximum Gasteiger partial charge on any atom is 0.0735 e. The predicted octanol–water partition coefficient (Wildman–Crippen LogP) is 12.4. The lowest BCUT2D eigenvalue weighted by Gasteiger charge is -2.34. The van der Waals surface area contributed by atoms with Crippen molar-refractivity contribution in [3.05, 3.63) is 257 Å². The van der Waals surface area contributed by atoms with Crippen LogP contribution >= 0.6 is 0 Å². The zero-order valence-corrected chi connectivity index (χ0v) is 29.2. The van der Waals surface area contributed by atoms with Crippen molar-refractivity contribution < 1.29 is 0 Å². The zero-order chi connectivity index (χ0) is 35.0. The van der Waals surface area contributed by atoms with Gasteiger partial charge in [0.05, 0.1) is 22.0 Å². The molecule has 1 aromatic heterocycles. The number of aromatic nitrogens is 1. The number of hydrogen-bond acceptors (Lipinski definition) is 0. The van der Waals surface area contributed by atoms with E-state index >= 15 is 0 Å². The number of benzene rings is 8. The lowest BCUT2D eigenvalue weighted by atomic mass is 9.67. The molecule has 2 aliphatic rings. The Morgan fingerprint density at radius 1 is 0.321 bits per heavy atom. The summed E-state index contributed by atoms with van der Waals surface area (Å²) in [5.41, 5.74) is 16.9. The molecule has 1 heteroatoms. The van der Waals surface area contributed by atoms with Gasteiger partial charge in [0.1, 0.15) is 0 Å². The topological polar surface area (TPSA) is 4.93 Å². The second-order valence-electron chi connectivity index (χ2n) is 14.4. The second-order valence-corrected chi connectivity index (χ2v) is 14.4. The lowest BCUT2D eigenvalue weighted by Crippen LogP contribution is -2.28. The third-order valence-corrected chi connectivity index (χ3v) is 11.9. The smallest absolute Gasteiger partial charge is 0.0735 e. The molecule has 0 saturated carbocycles. The Morgan fingerprint density at radius 3 is 1.34 bits per heavy atom. The van der Waals surface area contributed by atoms with Crippen LogP contribution in [0.25, 0.3) is 39.0 Å². The van der Waals surface area contributed by atoms with Gasteiger partial charge in [-0.1, -0.05) is 194 Å². The Kier molecular flexibility index (Phi) is 6.45. The van der Waals surface area contributed by atoms with Crippen LogP contribution in [0.4, 0.5) is 0 Å².